The van der Waals surface area contributed by atoms with Gasteiger partial charge in [-0.05, 0) is 44.2 Å². The topological polar surface area (TPSA) is 35.2 Å². The van der Waals surface area contributed by atoms with Crippen LogP contribution in [0.2, 0.25) is 0 Å². The Balaban J connectivity index is 1.96. The molecule has 0 amide bonds. The van der Waals surface area contributed by atoms with Crippen molar-refractivity contribution in [1.82, 2.24) is 0 Å². The molecule has 1 aliphatic rings. The van der Waals surface area contributed by atoms with Gasteiger partial charge in [0.05, 0.1) is 6.10 Å². The highest BCUT2D eigenvalue weighted by atomic mass is 19.1. The van der Waals surface area contributed by atoms with Crippen molar-refractivity contribution in [1.29, 1.82) is 0 Å². The van der Waals surface area contributed by atoms with Gasteiger partial charge in [0, 0.05) is 12.1 Å². The molecule has 3 heteroatoms. The minimum atomic E-state index is -0.204. The van der Waals surface area contributed by atoms with E-state index in [9.17, 15) is 4.39 Å². The van der Waals surface area contributed by atoms with Gasteiger partial charge in [-0.1, -0.05) is 6.07 Å². The first-order valence-electron chi connectivity index (χ1n) is 5.83. The molecule has 0 spiro atoms. The SMILES string of the molecule is Cc1ccc(OC2CCC(N)CC2)cc1F. The van der Waals surface area contributed by atoms with Gasteiger partial charge in [-0.15, -0.1) is 0 Å². The van der Waals surface area contributed by atoms with Gasteiger partial charge in [-0.25, -0.2) is 4.39 Å². The standard InChI is InChI=1S/C13H18FNO/c1-9-2-5-12(8-13(9)14)16-11-6-3-10(15)4-7-11/h2,5,8,10-11H,3-4,6-7,15H2,1H3. The number of hydrogen-bond donors (Lipinski definition) is 1. The number of rotatable bonds is 2. The first-order valence-corrected chi connectivity index (χ1v) is 5.83. The number of hydrogen-bond acceptors (Lipinski definition) is 2. The smallest absolute Gasteiger partial charge is 0.129 e. The molecule has 0 bridgehead atoms. The second kappa shape index (κ2) is 4.83. The third-order valence-electron chi connectivity index (χ3n) is 3.16. The van der Waals surface area contributed by atoms with Crippen molar-refractivity contribution >= 4 is 0 Å². The third kappa shape index (κ3) is 2.73. The van der Waals surface area contributed by atoms with E-state index in [1.807, 2.05) is 6.07 Å². The van der Waals surface area contributed by atoms with Crippen LogP contribution in [0, 0.1) is 12.7 Å². The summed E-state index contributed by atoms with van der Waals surface area (Å²) in [6, 6.07) is 5.35. The molecule has 0 aromatic heterocycles. The fourth-order valence-electron chi connectivity index (χ4n) is 2.05. The summed E-state index contributed by atoms with van der Waals surface area (Å²) in [5, 5.41) is 0. The lowest BCUT2D eigenvalue weighted by atomic mass is 9.94. The van der Waals surface area contributed by atoms with E-state index in [0.29, 0.717) is 17.4 Å². The van der Waals surface area contributed by atoms with Gasteiger partial charge in [0.1, 0.15) is 11.6 Å². The molecule has 16 heavy (non-hydrogen) atoms. The van der Waals surface area contributed by atoms with E-state index in [1.54, 1.807) is 13.0 Å². The molecular weight excluding hydrogens is 205 g/mol. The molecule has 0 aliphatic heterocycles. The van der Waals surface area contributed by atoms with E-state index in [4.69, 9.17) is 10.5 Å². The van der Waals surface area contributed by atoms with Crippen LogP contribution in [0.5, 0.6) is 5.75 Å². The van der Waals surface area contributed by atoms with Crippen LogP contribution in [0.4, 0.5) is 4.39 Å². The van der Waals surface area contributed by atoms with Crippen molar-refractivity contribution in [3.8, 4) is 5.75 Å². The molecule has 0 heterocycles. The third-order valence-corrected chi connectivity index (χ3v) is 3.16. The number of ether oxygens (including phenoxy) is 1. The van der Waals surface area contributed by atoms with Crippen molar-refractivity contribution in [2.75, 3.05) is 0 Å². The van der Waals surface area contributed by atoms with Gasteiger partial charge < -0.3 is 10.5 Å². The van der Waals surface area contributed by atoms with Gasteiger partial charge in [0.15, 0.2) is 0 Å². The van der Waals surface area contributed by atoms with Crippen molar-refractivity contribution in [2.24, 2.45) is 5.73 Å². The Labute approximate surface area is 95.6 Å². The molecule has 1 fully saturated rings. The van der Waals surface area contributed by atoms with E-state index in [1.165, 1.54) is 6.07 Å². The predicted molar refractivity (Wildman–Crippen MR) is 62.0 cm³/mol. The highest BCUT2D eigenvalue weighted by Crippen LogP contribution is 2.24. The molecule has 0 radical (unpaired) electrons. The Morgan fingerprint density at radius 1 is 1.25 bits per heavy atom. The maximum atomic E-state index is 13.3. The van der Waals surface area contributed by atoms with Crippen LogP contribution in [0.15, 0.2) is 18.2 Å². The zero-order valence-corrected chi connectivity index (χ0v) is 9.58. The van der Waals surface area contributed by atoms with Crippen molar-refractivity contribution < 1.29 is 9.13 Å². The Hall–Kier alpha value is -1.09. The number of benzene rings is 1. The zero-order valence-electron chi connectivity index (χ0n) is 9.58. The lowest BCUT2D eigenvalue weighted by molar-refractivity contribution is 0.146. The maximum Gasteiger partial charge on any atom is 0.129 e. The summed E-state index contributed by atoms with van der Waals surface area (Å²) in [5.74, 6) is 0.425. The summed E-state index contributed by atoms with van der Waals surface area (Å²) >= 11 is 0. The molecule has 0 atom stereocenters. The lowest BCUT2D eigenvalue weighted by Gasteiger charge is -2.26. The van der Waals surface area contributed by atoms with Gasteiger partial charge in [0.25, 0.3) is 0 Å². The normalized spacial score (nSPS) is 25.4. The molecular formula is C13H18FNO. The maximum absolute atomic E-state index is 13.3. The average molecular weight is 223 g/mol. The molecule has 0 unspecified atom stereocenters. The fraction of sp³-hybridized carbons (Fsp3) is 0.538. The minimum absolute atomic E-state index is 0.196. The number of halogens is 1. The van der Waals surface area contributed by atoms with Crippen molar-refractivity contribution in [2.45, 2.75) is 44.8 Å². The van der Waals surface area contributed by atoms with E-state index >= 15 is 0 Å². The van der Waals surface area contributed by atoms with Gasteiger partial charge in [-0.3, -0.25) is 0 Å². The Morgan fingerprint density at radius 2 is 1.94 bits per heavy atom. The van der Waals surface area contributed by atoms with Crippen LogP contribution >= 0.6 is 0 Å². The number of aryl methyl sites for hydroxylation is 1. The lowest BCUT2D eigenvalue weighted by Crippen LogP contribution is -2.31. The molecule has 88 valence electrons. The van der Waals surface area contributed by atoms with Crippen LogP contribution < -0.4 is 10.5 Å². The van der Waals surface area contributed by atoms with Gasteiger partial charge >= 0.3 is 0 Å². The van der Waals surface area contributed by atoms with Crippen molar-refractivity contribution in [3.63, 3.8) is 0 Å². The molecule has 2 rings (SSSR count). The molecule has 1 aromatic rings. The van der Waals surface area contributed by atoms with E-state index in [-0.39, 0.29) is 11.9 Å². The fourth-order valence-corrected chi connectivity index (χ4v) is 2.05. The summed E-state index contributed by atoms with van der Waals surface area (Å²) in [6.45, 7) is 1.75. The summed E-state index contributed by atoms with van der Waals surface area (Å²) in [4.78, 5) is 0. The molecule has 2 N–H and O–H groups in total. The van der Waals surface area contributed by atoms with Gasteiger partial charge in [-0.2, -0.15) is 0 Å². The molecule has 1 aromatic carbocycles. The minimum Gasteiger partial charge on any atom is -0.490 e. The average Bonchev–Trinajstić information content (AvgIpc) is 2.27. The number of nitrogens with two attached hydrogens (primary N) is 1. The van der Waals surface area contributed by atoms with Gasteiger partial charge in [0.2, 0.25) is 0 Å². The second-order valence-corrected chi connectivity index (χ2v) is 4.57. The summed E-state index contributed by atoms with van der Waals surface area (Å²) in [7, 11) is 0. The van der Waals surface area contributed by atoms with Crippen LogP contribution in [0.25, 0.3) is 0 Å². The van der Waals surface area contributed by atoms with Crippen LogP contribution in [0.1, 0.15) is 31.2 Å². The molecule has 0 saturated heterocycles. The summed E-state index contributed by atoms with van der Waals surface area (Å²) in [6.07, 6.45) is 4.13. The summed E-state index contributed by atoms with van der Waals surface area (Å²) < 4.78 is 19.0. The van der Waals surface area contributed by atoms with E-state index in [0.717, 1.165) is 25.7 Å². The monoisotopic (exact) mass is 223 g/mol. The highest BCUT2D eigenvalue weighted by Gasteiger charge is 2.19. The van der Waals surface area contributed by atoms with Crippen LogP contribution in [0.3, 0.4) is 0 Å². The van der Waals surface area contributed by atoms with Crippen LogP contribution in [-0.2, 0) is 0 Å². The zero-order chi connectivity index (χ0) is 11.5. The highest BCUT2D eigenvalue weighted by molar-refractivity contribution is 5.28. The Morgan fingerprint density at radius 3 is 2.56 bits per heavy atom. The first-order chi connectivity index (χ1) is 7.65. The second-order valence-electron chi connectivity index (χ2n) is 4.57. The predicted octanol–water partition coefficient (Wildman–Crippen LogP) is 2.78. The van der Waals surface area contributed by atoms with E-state index < -0.39 is 0 Å². The Kier molecular flexibility index (Phi) is 3.44. The largest absolute Gasteiger partial charge is 0.490 e. The quantitative estimate of drug-likeness (QED) is 0.836. The van der Waals surface area contributed by atoms with E-state index in [2.05, 4.69) is 0 Å². The first kappa shape index (κ1) is 11.4. The van der Waals surface area contributed by atoms with Crippen molar-refractivity contribution in [3.05, 3.63) is 29.6 Å². The Bertz CT molecular complexity index is 359. The van der Waals surface area contributed by atoms with Crippen LogP contribution in [-0.4, -0.2) is 12.1 Å². The molecule has 2 nitrogen and oxygen atoms in total. The molecule has 1 aliphatic carbocycles. The molecule has 1 saturated carbocycles. The summed E-state index contributed by atoms with van der Waals surface area (Å²) in [5.41, 5.74) is 6.47.